The fourth-order valence-corrected chi connectivity index (χ4v) is 2.38. The molecule has 1 atom stereocenters. The van der Waals surface area contributed by atoms with E-state index < -0.39 is 29.7 Å². The summed E-state index contributed by atoms with van der Waals surface area (Å²) < 4.78 is 48.4. The number of ether oxygens (including phenoxy) is 2. The van der Waals surface area contributed by atoms with E-state index >= 15 is 0 Å². The maximum absolute atomic E-state index is 12.8. The summed E-state index contributed by atoms with van der Waals surface area (Å²) in [6.45, 7) is 1.68. The lowest BCUT2D eigenvalue weighted by atomic mass is 10.1. The minimum absolute atomic E-state index is 0.0754. The third-order valence-corrected chi connectivity index (χ3v) is 4.03. The highest BCUT2D eigenvalue weighted by atomic mass is 35.5. The zero-order valence-electron chi connectivity index (χ0n) is 15.0. The van der Waals surface area contributed by atoms with Gasteiger partial charge in [0.05, 0.1) is 28.4 Å². The first kappa shape index (κ1) is 21.7. The zero-order chi connectivity index (χ0) is 20.9. The van der Waals surface area contributed by atoms with Gasteiger partial charge in [-0.25, -0.2) is 4.79 Å². The predicted octanol–water partition coefficient (Wildman–Crippen LogP) is 4.69. The predicted molar refractivity (Wildman–Crippen MR) is 97.1 cm³/mol. The molecule has 0 aromatic heterocycles. The standard InChI is InChI=1S/C19H17ClF3NO4/c1-11(28-18(26)13-5-3-12(4-6-13)10-27-2)17(25)24-16-9-14(19(21,22)23)7-8-15(16)20/h3-9,11H,10H2,1-2H3,(H,24,25)/t11-/m1/s1. The summed E-state index contributed by atoms with van der Waals surface area (Å²) in [6.07, 6.45) is -5.84. The normalized spacial score (nSPS) is 12.4. The van der Waals surface area contributed by atoms with Crippen molar-refractivity contribution in [3.8, 4) is 0 Å². The number of carbonyl (C=O) groups is 2. The van der Waals surface area contributed by atoms with E-state index in [0.29, 0.717) is 12.7 Å². The topological polar surface area (TPSA) is 64.6 Å². The Morgan fingerprint density at radius 1 is 1.14 bits per heavy atom. The van der Waals surface area contributed by atoms with Gasteiger partial charge in [-0.1, -0.05) is 23.7 Å². The highest BCUT2D eigenvalue weighted by Gasteiger charge is 2.31. The molecule has 9 heteroatoms. The molecule has 2 aromatic carbocycles. The van der Waals surface area contributed by atoms with Gasteiger partial charge in [0.1, 0.15) is 0 Å². The minimum atomic E-state index is -4.59. The monoisotopic (exact) mass is 415 g/mol. The summed E-state index contributed by atoms with van der Waals surface area (Å²) in [5, 5.41) is 2.17. The summed E-state index contributed by atoms with van der Waals surface area (Å²) in [5.41, 5.74) is -0.123. The Labute approximate surface area is 164 Å². The Hall–Kier alpha value is -2.58. The summed E-state index contributed by atoms with van der Waals surface area (Å²) in [6, 6.07) is 8.92. The van der Waals surface area contributed by atoms with Gasteiger partial charge in [-0.05, 0) is 42.8 Å². The van der Waals surface area contributed by atoms with Crippen molar-refractivity contribution in [2.24, 2.45) is 0 Å². The Morgan fingerprint density at radius 3 is 2.36 bits per heavy atom. The van der Waals surface area contributed by atoms with Gasteiger partial charge in [0.15, 0.2) is 6.10 Å². The lowest BCUT2D eigenvalue weighted by Gasteiger charge is -2.15. The number of esters is 1. The van der Waals surface area contributed by atoms with Crippen LogP contribution in [0.5, 0.6) is 0 Å². The molecule has 0 unspecified atom stereocenters. The molecule has 0 fully saturated rings. The van der Waals surface area contributed by atoms with E-state index in [0.717, 1.165) is 17.7 Å². The molecule has 0 saturated heterocycles. The quantitative estimate of drug-likeness (QED) is 0.695. The molecule has 0 saturated carbocycles. The Bertz CT molecular complexity index is 853. The molecule has 150 valence electrons. The molecular weight excluding hydrogens is 399 g/mol. The molecule has 0 aliphatic rings. The van der Waals surface area contributed by atoms with Crippen LogP contribution < -0.4 is 5.32 Å². The Kier molecular flexibility index (Phi) is 7.04. The van der Waals surface area contributed by atoms with Gasteiger partial charge in [0.2, 0.25) is 0 Å². The fraction of sp³-hybridized carbons (Fsp3) is 0.263. The van der Waals surface area contributed by atoms with E-state index in [-0.39, 0.29) is 16.3 Å². The number of rotatable bonds is 6. The lowest BCUT2D eigenvalue weighted by molar-refractivity contribution is -0.137. The number of carbonyl (C=O) groups excluding carboxylic acids is 2. The summed E-state index contributed by atoms with van der Waals surface area (Å²) in [7, 11) is 1.54. The van der Waals surface area contributed by atoms with E-state index in [9.17, 15) is 22.8 Å². The average Bonchev–Trinajstić information content (AvgIpc) is 2.63. The fourth-order valence-electron chi connectivity index (χ4n) is 2.22. The van der Waals surface area contributed by atoms with E-state index in [4.69, 9.17) is 21.1 Å². The lowest BCUT2D eigenvalue weighted by Crippen LogP contribution is -2.30. The molecule has 2 rings (SSSR count). The van der Waals surface area contributed by atoms with Crippen LogP contribution in [-0.4, -0.2) is 25.1 Å². The van der Waals surface area contributed by atoms with Crippen LogP contribution in [0.1, 0.15) is 28.4 Å². The smallest absolute Gasteiger partial charge is 0.416 e. The van der Waals surface area contributed by atoms with Crippen molar-refractivity contribution < 1.29 is 32.2 Å². The Balaban J connectivity index is 2.03. The van der Waals surface area contributed by atoms with Gasteiger partial charge in [0, 0.05) is 7.11 Å². The van der Waals surface area contributed by atoms with Crippen LogP contribution in [0.15, 0.2) is 42.5 Å². The molecule has 0 radical (unpaired) electrons. The van der Waals surface area contributed by atoms with Crippen LogP contribution in [0.3, 0.4) is 0 Å². The molecule has 0 aliphatic carbocycles. The van der Waals surface area contributed by atoms with E-state index in [1.807, 2.05) is 0 Å². The highest BCUT2D eigenvalue weighted by molar-refractivity contribution is 6.33. The second kappa shape index (κ2) is 9.07. The van der Waals surface area contributed by atoms with Gasteiger partial charge in [-0.2, -0.15) is 13.2 Å². The number of anilines is 1. The van der Waals surface area contributed by atoms with Gasteiger partial charge >= 0.3 is 12.1 Å². The first-order chi connectivity index (χ1) is 13.1. The van der Waals surface area contributed by atoms with E-state index in [1.165, 1.54) is 19.1 Å². The molecule has 0 spiro atoms. The molecule has 2 aromatic rings. The van der Waals surface area contributed by atoms with Crippen molar-refractivity contribution in [2.45, 2.75) is 25.8 Å². The molecule has 5 nitrogen and oxygen atoms in total. The van der Waals surface area contributed by atoms with Crippen LogP contribution >= 0.6 is 11.6 Å². The number of methoxy groups -OCH3 is 1. The van der Waals surface area contributed by atoms with Crippen LogP contribution in [-0.2, 0) is 27.1 Å². The van der Waals surface area contributed by atoms with Gasteiger partial charge < -0.3 is 14.8 Å². The van der Waals surface area contributed by atoms with Crippen molar-refractivity contribution in [3.05, 3.63) is 64.2 Å². The molecule has 1 amide bonds. The second-order valence-electron chi connectivity index (χ2n) is 5.86. The molecular formula is C19H17ClF3NO4. The Morgan fingerprint density at radius 2 is 1.79 bits per heavy atom. The number of hydrogen-bond donors (Lipinski definition) is 1. The SMILES string of the molecule is COCc1ccc(C(=O)O[C@H](C)C(=O)Nc2cc(C(F)(F)F)ccc2Cl)cc1. The van der Waals surface area contributed by atoms with E-state index in [1.54, 1.807) is 19.2 Å². The number of halogens is 4. The summed E-state index contributed by atoms with van der Waals surface area (Å²) in [5.74, 6) is -1.56. The first-order valence-electron chi connectivity index (χ1n) is 8.08. The third-order valence-electron chi connectivity index (χ3n) is 3.71. The third kappa shape index (κ3) is 5.71. The van der Waals surface area contributed by atoms with Gasteiger partial charge in [0.25, 0.3) is 5.91 Å². The van der Waals surface area contributed by atoms with Crippen LogP contribution in [0, 0.1) is 0 Å². The van der Waals surface area contributed by atoms with Crippen LogP contribution in [0.2, 0.25) is 5.02 Å². The number of nitrogens with one attached hydrogen (secondary N) is 1. The molecule has 0 bridgehead atoms. The maximum atomic E-state index is 12.8. The van der Waals surface area contributed by atoms with Crippen molar-refractivity contribution >= 4 is 29.2 Å². The second-order valence-corrected chi connectivity index (χ2v) is 6.27. The average molecular weight is 416 g/mol. The number of amides is 1. The van der Waals surface area contributed by atoms with Gasteiger partial charge in [-0.15, -0.1) is 0 Å². The molecule has 0 aliphatic heterocycles. The van der Waals surface area contributed by atoms with Crippen LogP contribution in [0.25, 0.3) is 0 Å². The van der Waals surface area contributed by atoms with Crippen molar-refractivity contribution in [1.82, 2.24) is 0 Å². The highest BCUT2D eigenvalue weighted by Crippen LogP contribution is 2.33. The van der Waals surface area contributed by atoms with Crippen molar-refractivity contribution in [2.75, 3.05) is 12.4 Å². The maximum Gasteiger partial charge on any atom is 0.416 e. The zero-order valence-corrected chi connectivity index (χ0v) is 15.7. The van der Waals surface area contributed by atoms with Gasteiger partial charge in [-0.3, -0.25) is 4.79 Å². The molecule has 0 heterocycles. The van der Waals surface area contributed by atoms with Crippen molar-refractivity contribution in [3.63, 3.8) is 0 Å². The summed E-state index contributed by atoms with van der Waals surface area (Å²) in [4.78, 5) is 24.3. The first-order valence-corrected chi connectivity index (χ1v) is 8.46. The number of benzene rings is 2. The molecule has 28 heavy (non-hydrogen) atoms. The van der Waals surface area contributed by atoms with E-state index in [2.05, 4.69) is 5.32 Å². The largest absolute Gasteiger partial charge is 0.449 e. The number of hydrogen-bond acceptors (Lipinski definition) is 4. The van der Waals surface area contributed by atoms with Crippen molar-refractivity contribution in [1.29, 1.82) is 0 Å². The number of alkyl halides is 3. The van der Waals surface area contributed by atoms with Crippen LogP contribution in [0.4, 0.5) is 18.9 Å². The minimum Gasteiger partial charge on any atom is -0.449 e. The molecule has 1 N–H and O–H groups in total. The summed E-state index contributed by atoms with van der Waals surface area (Å²) >= 11 is 5.84.